The van der Waals surface area contributed by atoms with Gasteiger partial charge in [0.2, 0.25) is 5.41 Å². The quantitative estimate of drug-likeness (QED) is 0.694. The Balaban J connectivity index is 2.18. The fourth-order valence-corrected chi connectivity index (χ4v) is 4.19. The average molecular weight is 419 g/mol. The summed E-state index contributed by atoms with van der Waals surface area (Å²) >= 11 is 0. The van der Waals surface area contributed by atoms with Gasteiger partial charge in [0.25, 0.3) is 0 Å². The molecule has 7 nitrogen and oxygen atoms in total. The van der Waals surface area contributed by atoms with Crippen LogP contribution in [0.1, 0.15) is 32.3 Å². The number of hydrogen-bond donors (Lipinski definition) is 1. The molecule has 158 valence electrons. The Hall–Kier alpha value is -3.83. The highest BCUT2D eigenvalue weighted by molar-refractivity contribution is 5.70. The highest BCUT2D eigenvalue weighted by Gasteiger charge is 2.53. The lowest BCUT2D eigenvalue weighted by Crippen LogP contribution is -2.49. The number of halogens is 1. The van der Waals surface area contributed by atoms with Gasteiger partial charge in [-0.2, -0.15) is 15.8 Å². The van der Waals surface area contributed by atoms with E-state index in [2.05, 4.69) is 0 Å². The number of benzene rings is 1. The number of carbonyl (C=O) groups is 1. The molecule has 0 saturated heterocycles. The molecule has 0 radical (unpaired) electrons. The summed E-state index contributed by atoms with van der Waals surface area (Å²) in [5.41, 5.74) is 4.46. The monoisotopic (exact) mass is 419 g/mol. The van der Waals surface area contributed by atoms with Crippen LogP contribution < -0.4 is 5.73 Å². The molecule has 0 fully saturated rings. The molecule has 0 unspecified atom stereocenters. The molecule has 2 N–H and O–H groups in total. The van der Waals surface area contributed by atoms with Gasteiger partial charge in [-0.05, 0) is 44.0 Å². The average Bonchev–Trinajstić information content (AvgIpc) is 2.71. The normalized spacial score (nSPS) is 22.4. The Morgan fingerprint density at radius 2 is 1.97 bits per heavy atom. The molecule has 3 rings (SSSR count). The molecule has 0 aromatic heterocycles. The Morgan fingerprint density at radius 3 is 2.52 bits per heavy atom. The minimum Gasteiger partial charge on any atom is -0.444 e. The van der Waals surface area contributed by atoms with Crippen molar-refractivity contribution in [3.63, 3.8) is 0 Å². The summed E-state index contributed by atoms with van der Waals surface area (Å²) in [6, 6.07) is 11.7. The van der Waals surface area contributed by atoms with Crippen molar-refractivity contribution in [1.82, 2.24) is 4.90 Å². The van der Waals surface area contributed by atoms with Crippen molar-refractivity contribution in [3.05, 3.63) is 58.6 Å². The number of ether oxygens (including phenoxy) is 1. The first-order chi connectivity index (χ1) is 14.6. The van der Waals surface area contributed by atoms with E-state index >= 15 is 0 Å². The summed E-state index contributed by atoms with van der Waals surface area (Å²) in [7, 11) is 0. The Bertz CT molecular complexity index is 1100. The van der Waals surface area contributed by atoms with Gasteiger partial charge in [-0.1, -0.05) is 18.2 Å². The maximum atomic E-state index is 14.0. The van der Waals surface area contributed by atoms with Crippen molar-refractivity contribution >= 4 is 6.09 Å². The smallest absolute Gasteiger partial charge is 0.410 e. The first kappa shape index (κ1) is 21.9. The number of allylic oxidation sites excluding steroid dienone is 2. The SMILES string of the molecule is CC(C)(C)OC(=O)N1CC=C2[C@@H](C1)[C@H](c1cccc(F)c1)C(C#N)=C(N)C2(C#N)C#N. The highest BCUT2D eigenvalue weighted by atomic mass is 19.1. The van der Waals surface area contributed by atoms with Gasteiger partial charge >= 0.3 is 6.09 Å². The van der Waals surface area contributed by atoms with Crippen LogP contribution in [-0.4, -0.2) is 29.7 Å². The van der Waals surface area contributed by atoms with Crippen LogP contribution >= 0.6 is 0 Å². The van der Waals surface area contributed by atoms with Crippen molar-refractivity contribution < 1.29 is 13.9 Å². The van der Waals surface area contributed by atoms with Gasteiger partial charge in [-0.3, -0.25) is 0 Å². The third-order valence-corrected chi connectivity index (χ3v) is 5.50. The first-order valence-electron chi connectivity index (χ1n) is 9.74. The lowest BCUT2D eigenvalue weighted by molar-refractivity contribution is 0.0229. The molecule has 1 aromatic rings. The van der Waals surface area contributed by atoms with Gasteiger partial charge < -0.3 is 15.4 Å². The lowest BCUT2D eigenvalue weighted by Gasteiger charge is -2.45. The molecule has 2 aliphatic rings. The third kappa shape index (κ3) is 3.71. The molecule has 1 heterocycles. The molecule has 1 aliphatic carbocycles. The molecule has 8 heteroatoms. The van der Waals surface area contributed by atoms with Crippen molar-refractivity contribution in [2.75, 3.05) is 13.1 Å². The van der Waals surface area contributed by atoms with Crippen LogP contribution in [0.2, 0.25) is 0 Å². The summed E-state index contributed by atoms with van der Waals surface area (Å²) in [6.45, 7) is 5.46. The summed E-state index contributed by atoms with van der Waals surface area (Å²) in [5.74, 6) is -1.83. The van der Waals surface area contributed by atoms with E-state index in [1.807, 2.05) is 18.2 Å². The van der Waals surface area contributed by atoms with Gasteiger partial charge in [-0.15, -0.1) is 0 Å². The molecule has 1 aliphatic heterocycles. The number of carbonyl (C=O) groups excluding carboxylic acids is 1. The minimum absolute atomic E-state index is 0.0295. The van der Waals surface area contributed by atoms with Gasteiger partial charge in [-0.25, -0.2) is 9.18 Å². The number of nitriles is 3. The van der Waals surface area contributed by atoms with Gasteiger partial charge in [0.05, 0.1) is 29.5 Å². The molecule has 0 bridgehead atoms. The summed E-state index contributed by atoms with van der Waals surface area (Å²) in [4.78, 5) is 14.1. The fraction of sp³-hybridized carbons (Fsp3) is 0.391. The molecular weight excluding hydrogens is 397 g/mol. The zero-order valence-corrected chi connectivity index (χ0v) is 17.5. The van der Waals surface area contributed by atoms with Crippen molar-refractivity contribution in [1.29, 1.82) is 15.8 Å². The van der Waals surface area contributed by atoms with E-state index in [0.717, 1.165) is 0 Å². The third-order valence-electron chi connectivity index (χ3n) is 5.50. The largest absolute Gasteiger partial charge is 0.444 e. The molecule has 1 amide bonds. The molecule has 0 spiro atoms. The van der Waals surface area contributed by atoms with Crippen molar-refractivity contribution in [3.8, 4) is 18.2 Å². The number of nitrogens with two attached hydrogens (primary N) is 1. The standard InChI is InChI=1S/C23H22FN5O2/c1-22(2,3)31-21(30)29-8-7-18-17(11-29)19(14-5-4-6-15(24)9-14)16(10-25)20(28)23(18,12-26)13-27/h4-7,9,17,19H,8,11,28H2,1-3H3/t17-,19-/m1/s1. The summed E-state index contributed by atoms with van der Waals surface area (Å²) in [5, 5.41) is 29.7. The Morgan fingerprint density at radius 1 is 1.29 bits per heavy atom. The van der Waals surface area contributed by atoms with Crippen LogP contribution in [0.25, 0.3) is 0 Å². The van der Waals surface area contributed by atoms with E-state index in [9.17, 15) is 25.0 Å². The maximum absolute atomic E-state index is 14.0. The van der Waals surface area contributed by atoms with E-state index in [-0.39, 0.29) is 24.4 Å². The first-order valence-corrected chi connectivity index (χ1v) is 9.74. The number of rotatable bonds is 1. The zero-order valence-electron chi connectivity index (χ0n) is 17.5. The molecule has 0 saturated carbocycles. The number of hydrogen-bond acceptors (Lipinski definition) is 6. The second-order valence-corrected chi connectivity index (χ2v) is 8.60. The van der Waals surface area contributed by atoms with Crippen LogP contribution in [-0.2, 0) is 4.74 Å². The van der Waals surface area contributed by atoms with E-state index in [0.29, 0.717) is 11.1 Å². The number of nitrogens with zero attached hydrogens (tertiary/aromatic N) is 4. The van der Waals surface area contributed by atoms with E-state index in [1.165, 1.54) is 23.1 Å². The minimum atomic E-state index is -1.82. The van der Waals surface area contributed by atoms with E-state index in [4.69, 9.17) is 10.5 Å². The van der Waals surface area contributed by atoms with Crippen molar-refractivity contribution in [2.24, 2.45) is 17.1 Å². The number of amides is 1. The van der Waals surface area contributed by atoms with E-state index in [1.54, 1.807) is 32.9 Å². The topological polar surface area (TPSA) is 127 Å². The van der Waals surface area contributed by atoms with Gasteiger partial charge in [0.1, 0.15) is 11.4 Å². The van der Waals surface area contributed by atoms with Crippen LogP contribution in [0.3, 0.4) is 0 Å². The molecule has 2 atom stereocenters. The van der Waals surface area contributed by atoms with Crippen LogP contribution in [0.15, 0.2) is 47.2 Å². The maximum Gasteiger partial charge on any atom is 0.410 e. The summed E-state index contributed by atoms with van der Waals surface area (Å²) < 4.78 is 19.5. The molecule has 1 aromatic carbocycles. The Kier molecular flexibility index (Phi) is 5.49. The van der Waals surface area contributed by atoms with Crippen molar-refractivity contribution in [2.45, 2.75) is 32.3 Å². The molecular formula is C23H22FN5O2. The van der Waals surface area contributed by atoms with Gasteiger partial charge in [0.15, 0.2) is 0 Å². The van der Waals surface area contributed by atoms with E-state index < -0.39 is 34.8 Å². The second kappa shape index (κ2) is 7.78. The van der Waals surface area contributed by atoms with Crippen LogP contribution in [0.4, 0.5) is 9.18 Å². The predicted octanol–water partition coefficient (Wildman–Crippen LogP) is 3.49. The summed E-state index contributed by atoms with van der Waals surface area (Å²) in [6.07, 6.45) is 1.07. The van der Waals surface area contributed by atoms with Crippen LogP contribution in [0, 0.1) is 51.1 Å². The van der Waals surface area contributed by atoms with Gasteiger partial charge in [0, 0.05) is 24.9 Å². The Labute approximate surface area is 180 Å². The predicted molar refractivity (Wildman–Crippen MR) is 109 cm³/mol. The number of fused-ring (bicyclic) bond motifs is 1. The fourth-order valence-electron chi connectivity index (χ4n) is 4.19. The second-order valence-electron chi connectivity index (χ2n) is 8.60. The zero-order chi connectivity index (χ0) is 23.0. The van der Waals surface area contributed by atoms with Crippen LogP contribution in [0.5, 0.6) is 0 Å². The lowest BCUT2D eigenvalue weighted by atomic mass is 9.60. The molecule has 31 heavy (non-hydrogen) atoms. The highest BCUT2D eigenvalue weighted by Crippen LogP contribution is 2.52.